The van der Waals surface area contributed by atoms with Gasteiger partial charge in [0.2, 0.25) is 0 Å². The maximum Gasteiger partial charge on any atom is 0.341 e. The fourth-order valence-electron chi connectivity index (χ4n) is 4.02. The fraction of sp³-hybridized carbons (Fsp3) is 0.286. The van der Waals surface area contributed by atoms with E-state index in [-0.39, 0.29) is 19.0 Å². The van der Waals surface area contributed by atoms with Crippen LogP contribution in [0.5, 0.6) is 11.5 Å². The Balaban J connectivity index is 1.37. The number of thiophene rings is 1. The number of ether oxygens (including phenoxy) is 3. The number of benzene rings is 2. The Morgan fingerprint density at radius 3 is 2.54 bits per heavy atom. The highest BCUT2D eigenvalue weighted by Gasteiger charge is 2.29. The van der Waals surface area contributed by atoms with Crippen LogP contribution < -0.4 is 20.2 Å². The Hall–Kier alpha value is -4.25. The molecule has 1 aliphatic carbocycles. The van der Waals surface area contributed by atoms with Crippen molar-refractivity contribution in [1.82, 2.24) is 5.43 Å². The second-order valence-electron chi connectivity index (χ2n) is 8.49. The van der Waals surface area contributed by atoms with Crippen molar-refractivity contribution >= 4 is 40.3 Å². The summed E-state index contributed by atoms with van der Waals surface area (Å²) in [5.74, 6) is -1.82. The molecule has 0 radical (unpaired) electrons. The van der Waals surface area contributed by atoms with Gasteiger partial charge in [-0.25, -0.2) is 14.6 Å². The highest BCUT2D eigenvalue weighted by Crippen LogP contribution is 2.39. The van der Waals surface area contributed by atoms with Gasteiger partial charge in [0, 0.05) is 4.88 Å². The number of halogens is 1. The summed E-state index contributed by atoms with van der Waals surface area (Å²) in [5, 5.41) is 6.70. The zero-order valence-electron chi connectivity index (χ0n) is 21.5. The molecule has 2 aromatic carbocycles. The van der Waals surface area contributed by atoms with E-state index in [2.05, 4.69) is 15.8 Å². The van der Waals surface area contributed by atoms with E-state index < -0.39 is 17.8 Å². The summed E-state index contributed by atoms with van der Waals surface area (Å²) in [6, 6.07) is 11.1. The number of anilines is 1. The molecule has 0 saturated carbocycles. The first-order valence-corrected chi connectivity index (χ1v) is 13.3. The van der Waals surface area contributed by atoms with E-state index in [1.54, 1.807) is 37.3 Å². The molecular weight excluding hydrogens is 525 g/mol. The quantitative estimate of drug-likeness (QED) is 0.164. The van der Waals surface area contributed by atoms with Gasteiger partial charge in [0.15, 0.2) is 11.5 Å². The number of rotatable bonds is 10. The smallest absolute Gasteiger partial charge is 0.341 e. The van der Waals surface area contributed by atoms with Gasteiger partial charge in [0.1, 0.15) is 17.4 Å². The summed E-state index contributed by atoms with van der Waals surface area (Å²) in [6.45, 7) is 4.37. The number of carbonyl (C=O) groups is 3. The van der Waals surface area contributed by atoms with E-state index in [9.17, 15) is 18.8 Å². The molecule has 11 heteroatoms. The molecule has 2 amide bonds. The Morgan fingerprint density at radius 1 is 1.00 bits per heavy atom. The third kappa shape index (κ3) is 6.99. The van der Waals surface area contributed by atoms with Crippen molar-refractivity contribution in [2.45, 2.75) is 39.7 Å². The van der Waals surface area contributed by atoms with E-state index in [1.807, 2.05) is 6.92 Å². The average molecular weight is 554 g/mol. The molecule has 3 aromatic rings. The number of aryl methyl sites for hydroxylation is 1. The van der Waals surface area contributed by atoms with Crippen LogP contribution in [0.25, 0.3) is 0 Å². The SMILES string of the molecule is CCOC(=O)c1c(NC(=O)C(=O)N/N=C/c2ccc(OCc3ccc(F)cc3)c(OCC)c2)sc2c1CCC2. The van der Waals surface area contributed by atoms with E-state index in [4.69, 9.17) is 14.2 Å². The van der Waals surface area contributed by atoms with Gasteiger partial charge in [-0.1, -0.05) is 12.1 Å². The molecule has 2 N–H and O–H groups in total. The summed E-state index contributed by atoms with van der Waals surface area (Å²) in [7, 11) is 0. The minimum Gasteiger partial charge on any atom is -0.490 e. The van der Waals surface area contributed by atoms with Gasteiger partial charge in [-0.3, -0.25) is 9.59 Å². The van der Waals surface area contributed by atoms with Gasteiger partial charge in [-0.05, 0) is 80.1 Å². The molecule has 39 heavy (non-hydrogen) atoms. The predicted octanol–water partition coefficient (Wildman–Crippen LogP) is 4.62. The molecule has 9 nitrogen and oxygen atoms in total. The monoisotopic (exact) mass is 553 g/mol. The number of carbonyl (C=O) groups excluding carboxylic acids is 3. The van der Waals surface area contributed by atoms with Gasteiger partial charge in [0.25, 0.3) is 0 Å². The van der Waals surface area contributed by atoms with Crippen LogP contribution >= 0.6 is 11.3 Å². The van der Waals surface area contributed by atoms with Crippen LogP contribution in [-0.2, 0) is 33.8 Å². The molecule has 0 unspecified atom stereocenters. The van der Waals surface area contributed by atoms with Crippen LogP contribution in [0.4, 0.5) is 9.39 Å². The molecule has 0 atom stereocenters. The van der Waals surface area contributed by atoms with Gasteiger partial charge in [-0.2, -0.15) is 5.10 Å². The maximum atomic E-state index is 13.1. The molecule has 1 heterocycles. The van der Waals surface area contributed by atoms with Gasteiger partial charge in [0.05, 0.1) is 25.0 Å². The van der Waals surface area contributed by atoms with Gasteiger partial charge < -0.3 is 19.5 Å². The third-order valence-corrected chi connectivity index (χ3v) is 7.00. The van der Waals surface area contributed by atoms with Crippen molar-refractivity contribution < 1.29 is 33.0 Å². The molecule has 0 aliphatic heterocycles. The lowest BCUT2D eigenvalue weighted by atomic mass is 10.1. The average Bonchev–Trinajstić information content (AvgIpc) is 3.50. The molecule has 0 bridgehead atoms. The summed E-state index contributed by atoms with van der Waals surface area (Å²) >= 11 is 1.29. The number of nitrogens with one attached hydrogen (secondary N) is 2. The molecule has 4 rings (SSSR count). The third-order valence-electron chi connectivity index (χ3n) is 5.79. The zero-order chi connectivity index (χ0) is 27.8. The van der Waals surface area contributed by atoms with Gasteiger partial charge >= 0.3 is 17.8 Å². The normalized spacial score (nSPS) is 12.2. The van der Waals surface area contributed by atoms with Crippen LogP contribution in [-0.4, -0.2) is 37.2 Å². The fourth-order valence-corrected chi connectivity index (χ4v) is 5.29. The minimum absolute atomic E-state index is 0.207. The first-order chi connectivity index (χ1) is 18.9. The number of esters is 1. The Bertz CT molecular complexity index is 1390. The number of hydrazone groups is 1. The van der Waals surface area contributed by atoms with E-state index in [0.29, 0.717) is 34.2 Å². The number of hydrogen-bond donors (Lipinski definition) is 2. The number of fused-ring (bicyclic) bond motifs is 1. The first-order valence-electron chi connectivity index (χ1n) is 12.5. The molecule has 0 saturated heterocycles. The van der Waals surface area contributed by atoms with Crippen molar-refractivity contribution in [3.63, 3.8) is 0 Å². The van der Waals surface area contributed by atoms with Crippen molar-refractivity contribution in [3.8, 4) is 11.5 Å². The molecule has 204 valence electrons. The zero-order valence-corrected chi connectivity index (χ0v) is 22.4. The van der Waals surface area contributed by atoms with Crippen LogP contribution in [0.3, 0.4) is 0 Å². The second-order valence-corrected chi connectivity index (χ2v) is 9.59. The van der Waals surface area contributed by atoms with E-state index >= 15 is 0 Å². The van der Waals surface area contributed by atoms with Crippen molar-refractivity contribution in [2.24, 2.45) is 5.10 Å². The van der Waals surface area contributed by atoms with Crippen LogP contribution in [0, 0.1) is 5.82 Å². The number of nitrogens with zero attached hydrogens (tertiary/aromatic N) is 1. The van der Waals surface area contributed by atoms with E-state index in [1.165, 1.54) is 29.7 Å². The minimum atomic E-state index is -0.987. The molecule has 0 spiro atoms. The van der Waals surface area contributed by atoms with E-state index in [0.717, 1.165) is 35.3 Å². The molecular formula is C28H28FN3O6S. The molecule has 1 aliphatic rings. The Kier molecular flexibility index (Phi) is 9.27. The van der Waals surface area contributed by atoms with Crippen LogP contribution in [0.1, 0.15) is 52.2 Å². The lowest BCUT2D eigenvalue weighted by Gasteiger charge is -2.12. The number of amides is 2. The molecule has 0 fully saturated rings. The maximum absolute atomic E-state index is 13.1. The standard InChI is InChI=1S/C28H28FN3O6S/c1-3-36-22-14-18(10-13-21(22)38-16-17-8-11-19(29)12-9-17)15-30-32-26(34)25(33)31-27-24(28(35)37-4-2)20-6-5-7-23(20)39-27/h8-15H,3-7,16H2,1-2H3,(H,31,33)(H,32,34)/b30-15+. The topological polar surface area (TPSA) is 115 Å². The number of hydrogen-bond acceptors (Lipinski definition) is 8. The van der Waals surface area contributed by atoms with Crippen LogP contribution in [0.2, 0.25) is 0 Å². The van der Waals surface area contributed by atoms with Crippen molar-refractivity contribution in [2.75, 3.05) is 18.5 Å². The largest absolute Gasteiger partial charge is 0.490 e. The Labute approximate surface area is 229 Å². The van der Waals surface area contributed by atoms with Crippen molar-refractivity contribution in [3.05, 3.63) is 75.4 Å². The lowest BCUT2D eigenvalue weighted by molar-refractivity contribution is -0.136. The highest BCUT2D eigenvalue weighted by atomic mass is 32.1. The van der Waals surface area contributed by atoms with Crippen LogP contribution in [0.15, 0.2) is 47.6 Å². The highest BCUT2D eigenvalue weighted by molar-refractivity contribution is 7.17. The summed E-state index contributed by atoms with van der Waals surface area (Å²) in [5.41, 5.74) is 4.78. The van der Waals surface area contributed by atoms with Gasteiger partial charge in [-0.15, -0.1) is 11.3 Å². The summed E-state index contributed by atoms with van der Waals surface area (Å²) in [6.07, 6.45) is 3.84. The lowest BCUT2D eigenvalue weighted by Crippen LogP contribution is -2.32. The molecule has 1 aromatic heterocycles. The van der Waals surface area contributed by atoms with Crippen molar-refractivity contribution in [1.29, 1.82) is 0 Å². The Morgan fingerprint density at radius 2 is 1.79 bits per heavy atom. The predicted molar refractivity (Wildman–Crippen MR) is 145 cm³/mol. The second kappa shape index (κ2) is 13.0. The first kappa shape index (κ1) is 27.8. The summed E-state index contributed by atoms with van der Waals surface area (Å²) < 4.78 is 29.7. The summed E-state index contributed by atoms with van der Waals surface area (Å²) in [4.78, 5) is 38.4.